The molecule has 6 nitrogen and oxygen atoms in total. The molecule has 1 spiro atoms. The van der Waals surface area contributed by atoms with Crippen molar-refractivity contribution in [2.45, 2.75) is 25.8 Å². The minimum atomic E-state index is -0.288. The molecule has 0 saturated carbocycles. The molecule has 0 bridgehead atoms. The second-order valence-corrected chi connectivity index (χ2v) is 7.18. The number of piperidine rings is 1. The molecule has 4 rings (SSSR count). The highest BCUT2D eigenvalue weighted by Crippen LogP contribution is 2.41. The maximum absolute atomic E-state index is 13.2. The van der Waals surface area contributed by atoms with Crippen LogP contribution >= 0.6 is 0 Å². The Kier molecular flexibility index (Phi) is 4.49. The van der Waals surface area contributed by atoms with Crippen LogP contribution in [0, 0.1) is 5.41 Å². The summed E-state index contributed by atoms with van der Waals surface area (Å²) in [6.07, 6.45) is 6.38. The monoisotopic (exact) mass is 352 g/mol. The largest absolute Gasteiger partial charge is 0.497 e. The van der Waals surface area contributed by atoms with Crippen LogP contribution in [0.25, 0.3) is 0 Å². The van der Waals surface area contributed by atoms with Gasteiger partial charge in [-0.1, -0.05) is 12.1 Å². The molecule has 0 N–H and O–H groups in total. The van der Waals surface area contributed by atoms with Gasteiger partial charge in [-0.05, 0) is 43.0 Å². The molecule has 1 atom stereocenters. The van der Waals surface area contributed by atoms with E-state index in [9.17, 15) is 4.79 Å². The van der Waals surface area contributed by atoms with Crippen LogP contribution in [-0.4, -0.2) is 47.5 Å². The third-order valence-corrected chi connectivity index (χ3v) is 5.55. The summed E-state index contributed by atoms with van der Waals surface area (Å²) in [4.78, 5) is 26.1. The number of ether oxygens (including phenoxy) is 1. The Morgan fingerprint density at radius 2 is 1.88 bits per heavy atom. The first kappa shape index (κ1) is 16.8. The van der Waals surface area contributed by atoms with Crippen molar-refractivity contribution in [3.05, 3.63) is 48.3 Å². The van der Waals surface area contributed by atoms with E-state index in [1.54, 1.807) is 19.5 Å². The fourth-order valence-corrected chi connectivity index (χ4v) is 4.13. The van der Waals surface area contributed by atoms with Crippen molar-refractivity contribution in [3.8, 4) is 5.75 Å². The van der Waals surface area contributed by atoms with Gasteiger partial charge in [0.15, 0.2) is 0 Å². The summed E-state index contributed by atoms with van der Waals surface area (Å²) >= 11 is 0. The number of aromatic nitrogens is 2. The van der Waals surface area contributed by atoms with Crippen LogP contribution in [0.2, 0.25) is 0 Å². The highest BCUT2D eigenvalue weighted by atomic mass is 16.5. The zero-order chi connectivity index (χ0) is 18.0. The van der Waals surface area contributed by atoms with Crippen LogP contribution in [-0.2, 0) is 11.3 Å². The molecule has 136 valence electrons. The Balaban J connectivity index is 1.47. The molecule has 2 aliphatic heterocycles. The van der Waals surface area contributed by atoms with Crippen LogP contribution in [0.4, 0.5) is 5.95 Å². The summed E-state index contributed by atoms with van der Waals surface area (Å²) in [5, 5.41) is 0. The maximum Gasteiger partial charge on any atom is 0.230 e. The number of benzene rings is 1. The van der Waals surface area contributed by atoms with E-state index >= 15 is 0 Å². The van der Waals surface area contributed by atoms with E-state index in [4.69, 9.17) is 4.74 Å². The van der Waals surface area contributed by atoms with E-state index in [-0.39, 0.29) is 11.3 Å². The predicted octanol–water partition coefficient (Wildman–Crippen LogP) is 2.50. The van der Waals surface area contributed by atoms with Gasteiger partial charge in [-0.15, -0.1) is 0 Å². The summed E-state index contributed by atoms with van der Waals surface area (Å²) in [5.41, 5.74) is 0.847. The van der Waals surface area contributed by atoms with Crippen LogP contribution in [0.15, 0.2) is 42.7 Å². The van der Waals surface area contributed by atoms with E-state index in [0.717, 1.165) is 56.2 Å². The number of nitrogens with zero attached hydrogens (tertiary/aromatic N) is 4. The van der Waals surface area contributed by atoms with Crippen molar-refractivity contribution in [2.24, 2.45) is 5.41 Å². The normalized spacial score (nSPS) is 22.9. The Labute approximate surface area is 153 Å². The Hall–Kier alpha value is -2.63. The lowest BCUT2D eigenvalue weighted by Gasteiger charge is -2.39. The van der Waals surface area contributed by atoms with Gasteiger partial charge >= 0.3 is 0 Å². The number of methoxy groups -OCH3 is 1. The average Bonchev–Trinajstić information content (AvgIpc) is 2.99. The molecule has 3 heterocycles. The fraction of sp³-hybridized carbons (Fsp3) is 0.450. The molecule has 1 aromatic heterocycles. The van der Waals surface area contributed by atoms with E-state index in [0.29, 0.717) is 6.54 Å². The molecule has 2 fully saturated rings. The van der Waals surface area contributed by atoms with Crippen LogP contribution in [0.5, 0.6) is 5.75 Å². The first-order valence-electron chi connectivity index (χ1n) is 9.14. The van der Waals surface area contributed by atoms with E-state index < -0.39 is 0 Å². The van der Waals surface area contributed by atoms with Crippen molar-refractivity contribution in [1.82, 2.24) is 14.9 Å². The van der Waals surface area contributed by atoms with Gasteiger partial charge in [-0.25, -0.2) is 9.97 Å². The molecule has 6 heteroatoms. The van der Waals surface area contributed by atoms with Crippen molar-refractivity contribution >= 4 is 11.9 Å². The van der Waals surface area contributed by atoms with Crippen molar-refractivity contribution < 1.29 is 9.53 Å². The van der Waals surface area contributed by atoms with Crippen molar-refractivity contribution in [2.75, 3.05) is 31.6 Å². The van der Waals surface area contributed by atoms with Gasteiger partial charge in [0, 0.05) is 38.6 Å². The fourth-order valence-electron chi connectivity index (χ4n) is 4.13. The molecule has 2 aliphatic rings. The molecule has 0 aliphatic carbocycles. The van der Waals surface area contributed by atoms with Gasteiger partial charge in [-0.2, -0.15) is 0 Å². The van der Waals surface area contributed by atoms with Gasteiger partial charge in [0.05, 0.1) is 12.5 Å². The summed E-state index contributed by atoms with van der Waals surface area (Å²) in [6.45, 7) is 3.10. The van der Waals surface area contributed by atoms with E-state index in [1.165, 1.54) is 0 Å². The first-order valence-corrected chi connectivity index (χ1v) is 9.14. The van der Waals surface area contributed by atoms with Gasteiger partial charge < -0.3 is 14.5 Å². The molecule has 1 aromatic carbocycles. The smallest absolute Gasteiger partial charge is 0.230 e. The number of rotatable bonds is 4. The number of carbonyl (C=O) groups is 1. The van der Waals surface area contributed by atoms with E-state index in [1.807, 2.05) is 35.2 Å². The van der Waals surface area contributed by atoms with Crippen molar-refractivity contribution in [1.29, 1.82) is 0 Å². The van der Waals surface area contributed by atoms with Crippen LogP contribution in [0.3, 0.4) is 0 Å². The quantitative estimate of drug-likeness (QED) is 0.846. The molecular formula is C20H24N4O2. The third-order valence-electron chi connectivity index (χ3n) is 5.55. The molecule has 2 saturated heterocycles. The van der Waals surface area contributed by atoms with Gasteiger partial charge in [0.25, 0.3) is 0 Å². The minimum Gasteiger partial charge on any atom is -0.497 e. The lowest BCUT2D eigenvalue weighted by molar-refractivity contribution is -0.137. The van der Waals surface area contributed by atoms with Gasteiger partial charge in [-0.3, -0.25) is 4.79 Å². The number of hydrogen-bond donors (Lipinski definition) is 0. The minimum absolute atomic E-state index is 0.272. The number of carbonyl (C=O) groups excluding carboxylic acids is 1. The van der Waals surface area contributed by atoms with Crippen LogP contribution in [0.1, 0.15) is 24.8 Å². The zero-order valence-electron chi connectivity index (χ0n) is 15.1. The molecule has 1 unspecified atom stereocenters. The third kappa shape index (κ3) is 3.11. The number of hydrogen-bond acceptors (Lipinski definition) is 5. The summed E-state index contributed by atoms with van der Waals surface area (Å²) in [7, 11) is 1.66. The zero-order valence-corrected chi connectivity index (χ0v) is 15.1. The standard InChI is InChI=1S/C20H24N4O2/c1-26-17-6-4-16(5-7-17)14-23-13-9-20(18(23)25)8-2-12-24(15-20)19-21-10-3-11-22-19/h3-7,10-11H,2,8-9,12-15H2,1H3. The van der Waals surface area contributed by atoms with E-state index in [2.05, 4.69) is 14.9 Å². The lowest BCUT2D eigenvalue weighted by atomic mass is 9.78. The summed E-state index contributed by atoms with van der Waals surface area (Å²) in [6, 6.07) is 9.77. The highest BCUT2D eigenvalue weighted by Gasteiger charge is 2.49. The predicted molar refractivity (Wildman–Crippen MR) is 98.9 cm³/mol. The van der Waals surface area contributed by atoms with Gasteiger partial charge in [0.1, 0.15) is 5.75 Å². The number of likely N-dealkylation sites (tertiary alicyclic amines) is 1. The number of anilines is 1. The topological polar surface area (TPSA) is 58.6 Å². The van der Waals surface area contributed by atoms with Crippen LogP contribution < -0.4 is 9.64 Å². The lowest BCUT2D eigenvalue weighted by Crippen LogP contribution is -2.48. The molecule has 1 amide bonds. The SMILES string of the molecule is COc1ccc(CN2CCC3(CCCN(c4ncccn4)C3)C2=O)cc1. The van der Waals surface area contributed by atoms with Crippen molar-refractivity contribution in [3.63, 3.8) is 0 Å². The second kappa shape index (κ2) is 6.94. The first-order chi connectivity index (χ1) is 12.7. The molecule has 26 heavy (non-hydrogen) atoms. The summed E-state index contributed by atoms with van der Waals surface area (Å²) < 4.78 is 5.21. The summed E-state index contributed by atoms with van der Waals surface area (Å²) in [5.74, 6) is 1.84. The van der Waals surface area contributed by atoms with Gasteiger partial charge in [0.2, 0.25) is 11.9 Å². The molecule has 2 aromatic rings. The Morgan fingerprint density at radius 3 is 2.62 bits per heavy atom. The highest BCUT2D eigenvalue weighted by molar-refractivity contribution is 5.85. The Morgan fingerprint density at radius 1 is 1.12 bits per heavy atom. The number of amides is 1. The molecule has 0 radical (unpaired) electrons. The molecular weight excluding hydrogens is 328 g/mol. The average molecular weight is 352 g/mol. The second-order valence-electron chi connectivity index (χ2n) is 7.18. The Bertz CT molecular complexity index is 765. The maximum atomic E-state index is 13.2.